The lowest BCUT2D eigenvalue weighted by molar-refractivity contribution is -0.114. The van der Waals surface area contributed by atoms with Crippen LogP contribution in [0.4, 0.5) is 10.1 Å². The zero-order valence-corrected chi connectivity index (χ0v) is 10.6. The van der Waals surface area contributed by atoms with E-state index in [9.17, 15) is 14.0 Å². The van der Waals surface area contributed by atoms with Gasteiger partial charge in [-0.1, -0.05) is 11.6 Å². The van der Waals surface area contributed by atoms with E-state index >= 15 is 0 Å². The van der Waals surface area contributed by atoms with Crippen molar-refractivity contribution in [1.82, 2.24) is 0 Å². The Hall–Kier alpha value is -1.50. The van der Waals surface area contributed by atoms with Gasteiger partial charge in [0.1, 0.15) is 5.82 Å². The van der Waals surface area contributed by atoms with Crippen molar-refractivity contribution in [3.8, 4) is 0 Å². The Balaban J connectivity index is 2.26. The number of carbonyl (C=O) groups is 2. The minimum Gasteiger partial charge on any atom is -0.394 e. The van der Waals surface area contributed by atoms with Crippen molar-refractivity contribution in [2.75, 3.05) is 31.3 Å². The zero-order valence-electron chi connectivity index (χ0n) is 9.86. The fourth-order valence-corrected chi connectivity index (χ4v) is 2.13. The number of benzene rings is 1. The maximum Gasteiger partial charge on any atom is 0.299 e. The summed E-state index contributed by atoms with van der Waals surface area (Å²) >= 11 is 5.82. The molecule has 1 aliphatic rings. The fraction of sp³-hybridized carbons (Fsp3) is 0.333. The van der Waals surface area contributed by atoms with Gasteiger partial charge in [-0.05, 0) is 12.1 Å². The second-order valence-corrected chi connectivity index (χ2v) is 4.28. The van der Waals surface area contributed by atoms with Gasteiger partial charge >= 0.3 is 0 Å². The highest BCUT2D eigenvalue weighted by molar-refractivity contribution is 6.55. The smallest absolute Gasteiger partial charge is 0.299 e. The van der Waals surface area contributed by atoms with Crippen LogP contribution in [0.25, 0.3) is 0 Å². The van der Waals surface area contributed by atoms with Gasteiger partial charge in [-0.15, -0.1) is 0 Å². The van der Waals surface area contributed by atoms with Crippen molar-refractivity contribution >= 4 is 29.0 Å². The minimum atomic E-state index is -0.824. The van der Waals surface area contributed by atoms with E-state index in [1.807, 2.05) is 0 Å². The number of rotatable bonds is 5. The number of Topliss-reactive ketones (excluding diaryl/α,β-unsaturated/α-hetero) is 1. The normalized spacial score (nSPS) is 14.2. The largest absolute Gasteiger partial charge is 0.394 e. The number of amides is 1. The number of nitrogens with zero attached hydrogens (tertiary/aromatic N) is 1. The number of halogens is 2. The molecule has 0 bridgehead atoms. The number of hydrogen-bond acceptors (Lipinski definition) is 4. The van der Waals surface area contributed by atoms with Crippen molar-refractivity contribution in [3.63, 3.8) is 0 Å². The monoisotopic (exact) mass is 287 g/mol. The van der Waals surface area contributed by atoms with Crippen LogP contribution < -0.4 is 4.90 Å². The predicted octanol–water partition coefficient (Wildman–Crippen LogP) is 1.02. The summed E-state index contributed by atoms with van der Waals surface area (Å²) in [5.41, 5.74) is -0.205. The van der Waals surface area contributed by atoms with Crippen LogP contribution in [0.5, 0.6) is 0 Å². The molecule has 0 fully saturated rings. The SMILES string of the molecule is O=C1C(=O)N(CCOCCO)c2c(F)ccc(Cl)c21. The van der Waals surface area contributed by atoms with E-state index in [1.54, 1.807) is 0 Å². The third-order valence-corrected chi connectivity index (χ3v) is 3.02. The van der Waals surface area contributed by atoms with Gasteiger partial charge in [0.2, 0.25) is 0 Å². The zero-order chi connectivity index (χ0) is 14.0. The summed E-state index contributed by atoms with van der Waals surface area (Å²) in [6.07, 6.45) is 0. The van der Waals surface area contributed by atoms with Gasteiger partial charge in [0.15, 0.2) is 0 Å². The van der Waals surface area contributed by atoms with Gasteiger partial charge < -0.3 is 9.84 Å². The topological polar surface area (TPSA) is 66.8 Å². The maximum absolute atomic E-state index is 13.8. The lowest BCUT2D eigenvalue weighted by Gasteiger charge is -2.16. The van der Waals surface area contributed by atoms with Crippen LogP contribution in [0, 0.1) is 5.82 Å². The Bertz CT molecular complexity index is 535. The molecule has 2 rings (SSSR count). The van der Waals surface area contributed by atoms with Crippen LogP contribution in [-0.2, 0) is 9.53 Å². The van der Waals surface area contributed by atoms with Crippen LogP contribution in [-0.4, -0.2) is 43.2 Å². The average Bonchev–Trinajstić information content (AvgIpc) is 2.65. The third-order valence-electron chi connectivity index (χ3n) is 2.71. The van der Waals surface area contributed by atoms with E-state index in [2.05, 4.69) is 0 Å². The highest BCUT2D eigenvalue weighted by atomic mass is 35.5. The van der Waals surface area contributed by atoms with E-state index in [1.165, 1.54) is 6.07 Å². The molecule has 1 N–H and O–H groups in total. The van der Waals surface area contributed by atoms with Crippen LogP contribution >= 0.6 is 11.6 Å². The molecule has 1 aromatic carbocycles. The molecule has 7 heteroatoms. The molecule has 0 saturated carbocycles. The predicted molar refractivity (Wildman–Crippen MR) is 66.0 cm³/mol. The summed E-state index contributed by atoms with van der Waals surface area (Å²) in [6.45, 7) is 0.0737. The second kappa shape index (κ2) is 5.64. The van der Waals surface area contributed by atoms with Gasteiger partial charge in [0.25, 0.3) is 11.7 Å². The molecule has 1 heterocycles. The summed E-state index contributed by atoms with van der Waals surface area (Å²) in [7, 11) is 0. The molecule has 1 amide bonds. The van der Waals surface area contributed by atoms with Crippen LogP contribution in [0.3, 0.4) is 0 Å². The molecule has 1 aliphatic heterocycles. The molecule has 102 valence electrons. The standard InChI is InChI=1S/C12H11ClFNO4/c13-7-1-2-8(14)10-9(7)11(17)12(18)15(10)3-5-19-6-4-16/h1-2,16H,3-6H2. The van der Waals surface area contributed by atoms with Crippen molar-refractivity contribution in [3.05, 3.63) is 28.5 Å². The van der Waals surface area contributed by atoms with Gasteiger partial charge in [0, 0.05) is 6.54 Å². The summed E-state index contributed by atoms with van der Waals surface area (Å²) in [6, 6.07) is 2.35. The van der Waals surface area contributed by atoms with E-state index in [0.29, 0.717) is 0 Å². The lowest BCUT2D eigenvalue weighted by Crippen LogP contribution is -2.33. The molecule has 0 saturated heterocycles. The van der Waals surface area contributed by atoms with E-state index in [0.717, 1.165) is 11.0 Å². The Morgan fingerprint density at radius 3 is 2.74 bits per heavy atom. The highest BCUT2D eigenvalue weighted by Crippen LogP contribution is 2.36. The molecule has 0 aliphatic carbocycles. The number of anilines is 1. The first-order valence-corrected chi connectivity index (χ1v) is 5.98. The molecular formula is C12H11ClFNO4. The molecule has 19 heavy (non-hydrogen) atoms. The van der Waals surface area contributed by atoms with Crippen molar-refractivity contribution in [2.45, 2.75) is 0 Å². The summed E-state index contributed by atoms with van der Waals surface area (Å²) in [4.78, 5) is 24.5. The summed E-state index contributed by atoms with van der Waals surface area (Å²) in [5.74, 6) is -2.32. The fourth-order valence-electron chi connectivity index (χ4n) is 1.89. The molecule has 0 unspecified atom stereocenters. The summed E-state index contributed by atoms with van der Waals surface area (Å²) < 4.78 is 18.8. The van der Waals surface area contributed by atoms with E-state index in [4.69, 9.17) is 21.4 Å². The van der Waals surface area contributed by atoms with Crippen molar-refractivity contribution < 1.29 is 23.8 Å². The first-order chi connectivity index (χ1) is 9.07. The van der Waals surface area contributed by atoms with Crippen LogP contribution in [0.1, 0.15) is 10.4 Å². The number of ether oxygens (including phenoxy) is 1. The third kappa shape index (κ3) is 2.47. The van der Waals surface area contributed by atoms with Gasteiger partial charge in [-0.3, -0.25) is 14.5 Å². The molecule has 0 atom stereocenters. The number of aliphatic hydroxyl groups excluding tert-OH is 1. The van der Waals surface area contributed by atoms with Gasteiger partial charge in [0.05, 0.1) is 36.1 Å². The van der Waals surface area contributed by atoms with Gasteiger partial charge in [-0.25, -0.2) is 4.39 Å². The number of carbonyl (C=O) groups excluding carboxylic acids is 2. The molecule has 0 radical (unpaired) electrons. The number of hydrogen-bond donors (Lipinski definition) is 1. The average molecular weight is 288 g/mol. The highest BCUT2D eigenvalue weighted by Gasteiger charge is 2.39. The number of ketones is 1. The van der Waals surface area contributed by atoms with Crippen LogP contribution in [0.15, 0.2) is 12.1 Å². The Morgan fingerprint density at radius 2 is 2.05 bits per heavy atom. The Labute approximate surface area is 113 Å². The number of fused-ring (bicyclic) bond motifs is 1. The Kier molecular flexibility index (Phi) is 4.14. The molecule has 0 spiro atoms. The molecule has 5 nitrogen and oxygen atoms in total. The van der Waals surface area contributed by atoms with E-state index < -0.39 is 17.5 Å². The Morgan fingerprint density at radius 1 is 1.32 bits per heavy atom. The van der Waals surface area contributed by atoms with Crippen LogP contribution in [0.2, 0.25) is 5.02 Å². The van der Waals surface area contributed by atoms with Crippen molar-refractivity contribution in [2.24, 2.45) is 0 Å². The van der Waals surface area contributed by atoms with Crippen molar-refractivity contribution in [1.29, 1.82) is 0 Å². The van der Waals surface area contributed by atoms with E-state index in [-0.39, 0.29) is 42.6 Å². The quantitative estimate of drug-likeness (QED) is 0.648. The molecular weight excluding hydrogens is 277 g/mol. The number of aliphatic hydroxyl groups is 1. The molecule has 0 aromatic heterocycles. The minimum absolute atomic E-state index is 0.0227. The molecule has 1 aromatic rings. The summed E-state index contributed by atoms with van der Waals surface area (Å²) in [5, 5.41) is 8.60. The maximum atomic E-state index is 13.8. The first kappa shape index (κ1) is 13.9. The lowest BCUT2D eigenvalue weighted by atomic mass is 10.1. The first-order valence-electron chi connectivity index (χ1n) is 5.60. The van der Waals surface area contributed by atoms with Gasteiger partial charge in [-0.2, -0.15) is 0 Å². The second-order valence-electron chi connectivity index (χ2n) is 3.87.